The van der Waals surface area contributed by atoms with Crippen LogP contribution in [0.4, 0.5) is 0 Å². The van der Waals surface area contributed by atoms with Crippen LogP contribution in [-0.2, 0) is 0 Å². The van der Waals surface area contributed by atoms with Crippen molar-refractivity contribution >= 4 is 0 Å². The first kappa shape index (κ1) is 21.2. The number of hydrogen-bond donors (Lipinski definition) is 2. The van der Waals surface area contributed by atoms with E-state index in [0.717, 1.165) is 12.5 Å². The van der Waals surface area contributed by atoms with Crippen LogP contribution in [0.3, 0.4) is 0 Å². The molecular formula is C14H36N2. The molecular weight excluding hydrogens is 196 g/mol. The summed E-state index contributed by atoms with van der Waals surface area (Å²) in [7, 11) is 1.50. The molecule has 2 saturated carbocycles. The van der Waals surface area contributed by atoms with Gasteiger partial charge in [0, 0.05) is 0 Å². The van der Waals surface area contributed by atoms with Crippen molar-refractivity contribution < 1.29 is 0 Å². The molecule has 2 rings (SSSR count). The lowest BCUT2D eigenvalue weighted by Crippen LogP contribution is -2.08. The van der Waals surface area contributed by atoms with Gasteiger partial charge in [-0.2, -0.15) is 0 Å². The Kier molecular flexibility index (Phi) is 32.2. The van der Waals surface area contributed by atoms with Crippen molar-refractivity contribution in [3.05, 3.63) is 0 Å². The highest BCUT2D eigenvalue weighted by Gasteiger charge is 2.13. The van der Waals surface area contributed by atoms with Crippen LogP contribution < -0.4 is 11.5 Å². The van der Waals surface area contributed by atoms with Crippen molar-refractivity contribution in [3.63, 3.8) is 0 Å². The highest BCUT2D eigenvalue weighted by Crippen LogP contribution is 2.28. The third-order valence-electron chi connectivity index (χ3n) is 2.16. The Morgan fingerprint density at radius 3 is 1.19 bits per heavy atom. The average molecular weight is 232 g/mol. The first-order valence-corrected chi connectivity index (χ1v) is 7.12. The molecule has 0 bridgehead atoms. The first-order valence-electron chi connectivity index (χ1n) is 7.12. The van der Waals surface area contributed by atoms with Crippen molar-refractivity contribution in [2.75, 3.05) is 13.6 Å². The fraction of sp³-hybridized carbons (Fsp3) is 1.00. The van der Waals surface area contributed by atoms with E-state index >= 15 is 0 Å². The van der Waals surface area contributed by atoms with Crippen molar-refractivity contribution in [3.8, 4) is 0 Å². The maximum Gasteiger partial charge on any atom is -0.0106 e. The molecule has 2 aliphatic carbocycles. The number of nitrogens with two attached hydrogens (primary N) is 2. The lowest BCUT2D eigenvalue weighted by Gasteiger charge is -2.22. The summed E-state index contributed by atoms with van der Waals surface area (Å²) in [5.41, 5.74) is 9.35. The van der Waals surface area contributed by atoms with E-state index in [1.54, 1.807) is 0 Å². The van der Waals surface area contributed by atoms with Gasteiger partial charge in [-0.15, -0.1) is 0 Å². The van der Waals surface area contributed by atoms with Crippen molar-refractivity contribution in [1.82, 2.24) is 0 Å². The molecule has 16 heavy (non-hydrogen) atoms. The summed E-state index contributed by atoms with van der Waals surface area (Å²) in [6.45, 7) is 8.93. The van der Waals surface area contributed by atoms with Gasteiger partial charge in [-0.3, -0.25) is 0 Å². The van der Waals surface area contributed by atoms with E-state index in [2.05, 4.69) is 12.7 Å². The third-order valence-corrected chi connectivity index (χ3v) is 2.16. The first-order chi connectivity index (χ1) is 7.85. The molecule has 0 heterocycles. The van der Waals surface area contributed by atoms with Crippen LogP contribution in [0.25, 0.3) is 0 Å². The van der Waals surface area contributed by atoms with Gasteiger partial charge in [-0.25, -0.2) is 0 Å². The van der Waals surface area contributed by atoms with Gasteiger partial charge in [0.05, 0.1) is 0 Å². The highest BCUT2D eigenvalue weighted by atomic mass is 14.5. The van der Waals surface area contributed by atoms with E-state index in [1.165, 1.54) is 52.0 Å². The van der Waals surface area contributed by atoms with Crippen LogP contribution in [0.1, 0.15) is 72.6 Å². The van der Waals surface area contributed by atoms with Crippen LogP contribution in [0, 0.1) is 5.92 Å². The molecule has 0 unspecified atom stereocenters. The van der Waals surface area contributed by atoms with E-state index < -0.39 is 0 Å². The van der Waals surface area contributed by atoms with Gasteiger partial charge in [0.2, 0.25) is 0 Å². The van der Waals surface area contributed by atoms with Gasteiger partial charge in [-0.05, 0) is 19.5 Å². The molecule has 2 aliphatic rings. The molecule has 2 heteroatoms. The quantitative estimate of drug-likeness (QED) is 0.719. The molecule has 0 aromatic carbocycles. The molecule has 102 valence electrons. The molecule has 0 aliphatic heterocycles. The molecule has 2 nitrogen and oxygen atoms in total. The van der Waals surface area contributed by atoms with E-state index in [0.29, 0.717) is 0 Å². The lowest BCUT2D eigenvalue weighted by atomic mass is 9.84. The topological polar surface area (TPSA) is 52.0 Å². The zero-order valence-corrected chi connectivity index (χ0v) is 12.4. The molecule has 0 amide bonds. The van der Waals surface area contributed by atoms with Gasteiger partial charge < -0.3 is 11.5 Å². The second-order valence-electron chi connectivity index (χ2n) is 3.67. The fourth-order valence-electron chi connectivity index (χ4n) is 0.901. The summed E-state index contributed by atoms with van der Waals surface area (Å²) in [6.07, 6.45) is 10.4. The Balaban J connectivity index is -0.000000147. The summed E-state index contributed by atoms with van der Waals surface area (Å²) in [5.74, 6) is 1.12. The summed E-state index contributed by atoms with van der Waals surface area (Å²) in [4.78, 5) is 0. The monoisotopic (exact) mass is 232 g/mol. The summed E-state index contributed by atoms with van der Waals surface area (Å²) in [6, 6.07) is 0. The summed E-state index contributed by atoms with van der Waals surface area (Å²) in [5, 5.41) is 0. The van der Waals surface area contributed by atoms with Crippen LogP contribution in [0.2, 0.25) is 0 Å². The number of rotatable bonds is 1. The molecule has 2 fully saturated rings. The van der Waals surface area contributed by atoms with Gasteiger partial charge in [0.1, 0.15) is 0 Å². The Hall–Kier alpha value is -0.0800. The Morgan fingerprint density at radius 1 is 0.875 bits per heavy atom. The predicted octanol–water partition coefficient (Wildman–Crippen LogP) is 3.93. The van der Waals surface area contributed by atoms with Gasteiger partial charge >= 0.3 is 0 Å². The van der Waals surface area contributed by atoms with E-state index in [-0.39, 0.29) is 0 Å². The maximum atomic E-state index is 4.85. The van der Waals surface area contributed by atoms with E-state index in [4.69, 9.17) is 5.73 Å². The van der Waals surface area contributed by atoms with E-state index in [1.807, 2.05) is 20.8 Å². The molecule has 0 radical (unpaired) electrons. The molecule has 0 saturated heterocycles. The highest BCUT2D eigenvalue weighted by molar-refractivity contribution is 4.66. The second kappa shape index (κ2) is 24.2. The third kappa shape index (κ3) is 29.2. The molecule has 0 aromatic rings. The van der Waals surface area contributed by atoms with Crippen molar-refractivity contribution in [1.29, 1.82) is 0 Å². The zero-order valence-electron chi connectivity index (χ0n) is 12.4. The van der Waals surface area contributed by atoms with Crippen LogP contribution in [0.5, 0.6) is 0 Å². The minimum absolute atomic E-state index is 0.750. The standard InChI is InChI=1S/C6H12.C3H6.C2H7N.C2H6.CH5N/c1-2-6-4-3-5-6;1-2-3-1;1-2-3;2*1-2/h6H,2-5H2,1H3;1-3H2;2-3H2,1H3;1-2H3;2H2,1H3. The minimum Gasteiger partial charge on any atom is -0.333 e. The summed E-state index contributed by atoms with van der Waals surface area (Å²) < 4.78 is 0. The molecule has 0 aromatic heterocycles. The number of hydrogen-bond acceptors (Lipinski definition) is 2. The van der Waals surface area contributed by atoms with Gasteiger partial charge in [0.15, 0.2) is 0 Å². The zero-order chi connectivity index (χ0) is 13.2. The minimum atomic E-state index is 0.750. The van der Waals surface area contributed by atoms with Crippen LogP contribution in [0.15, 0.2) is 0 Å². The van der Waals surface area contributed by atoms with Crippen molar-refractivity contribution in [2.45, 2.75) is 72.6 Å². The molecule has 0 spiro atoms. The van der Waals surface area contributed by atoms with Crippen LogP contribution in [-0.4, -0.2) is 13.6 Å². The smallest absolute Gasteiger partial charge is 0.0106 e. The van der Waals surface area contributed by atoms with Gasteiger partial charge in [0.25, 0.3) is 0 Å². The van der Waals surface area contributed by atoms with E-state index in [9.17, 15) is 0 Å². The normalized spacial score (nSPS) is 15.2. The second-order valence-corrected chi connectivity index (χ2v) is 3.67. The SMILES string of the molecule is C1CC1.CC.CCC1CCC1.CCN.CN. The molecule has 0 atom stereocenters. The van der Waals surface area contributed by atoms with Gasteiger partial charge in [-0.1, -0.05) is 72.6 Å². The Bertz CT molecular complexity index is 73.3. The average Bonchev–Trinajstić information content (AvgIpc) is 3.10. The lowest BCUT2D eigenvalue weighted by molar-refractivity contribution is 0.307. The summed E-state index contributed by atoms with van der Waals surface area (Å²) >= 11 is 0. The Morgan fingerprint density at radius 2 is 1.19 bits per heavy atom. The molecule has 4 N–H and O–H groups in total. The maximum absolute atomic E-state index is 4.85. The van der Waals surface area contributed by atoms with Crippen LogP contribution >= 0.6 is 0 Å². The van der Waals surface area contributed by atoms with Crippen molar-refractivity contribution in [2.24, 2.45) is 17.4 Å². The Labute approximate surface area is 104 Å². The predicted molar refractivity (Wildman–Crippen MR) is 77.7 cm³/mol. The largest absolute Gasteiger partial charge is 0.333 e. The fourth-order valence-corrected chi connectivity index (χ4v) is 0.901.